The summed E-state index contributed by atoms with van der Waals surface area (Å²) in [4.78, 5) is 11.0. The third-order valence-corrected chi connectivity index (χ3v) is 2.50. The second kappa shape index (κ2) is 5.23. The molecule has 4 nitrogen and oxygen atoms in total. The summed E-state index contributed by atoms with van der Waals surface area (Å²) < 4.78 is 5.57. The van der Waals surface area contributed by atoms with Crippen molar-refractivity contribution in [2.45, 2.75) is 6.61 Å². The molecule has 0 bridgehead atoms. The molecular formula is C14H14N2O2. The summed E-state index contributed by atoms with van der Waals surface area (Å²) >= 11 is 0. The second-order valence-electron chi connectivity index (χ2n) is 3.92. The highest BCUT2D eigenvalue weighted by Gasteiger charge is 2.02. The normalized spacial score (nSPS) is 10.0. The molecule has 18 heavy (non-hydrogen) atoms. The van der Waals surface area contributed by atoms with Gasteiger partial charge in [0.25, 0.3) is 0 Å². The number of anilines is 1. The predicted molar refractivity (Wildman–Crippen MR) is 70.1 cm³/mol. The number of nitrogen functional groups attached to an aromatic ring is 1. The van der Waals surface area contributed by atoms with Crippen LogP contribution in [0.5, 0.6) is 5.75 Å². The maximum absolute atomic E-state index is 11.0. The number of amides is 1. The van der Waals surface area contributed by atoms with E-state index in [0.29, 0.717) is 17.9 Å². The molecule has 2 rings (SSSR count). The third-order valence-electron chi connectivity index (χ3n) is 2.50. The van der Waals surface area contributed by atoms with Crippen molar-refractivity contribution in [2.24, 2.45) is 5.73 Å². The summed E-state index contributed by atoms with van der Waals surface area (Å²) in [7, 11) is 0. The van der Waals surface area contributed by atoms with Gasteiger partial charge in [-0.25, -0.2) is 0 Å². The second-order valence-corrected chi connectivity index (χ2v) is 3.92. The zero-order valence-electron chi connectivity index (χ0n) is 9.80. The van der Waals surface area contributed by atoms with Gasteiger partial charge in [0.05, 0.1) is 0 Å². The van der Waals surface area contributed by atoms with Crippen LogP contribution in [0.25, 0.3) is 0 Å². The van der Waals surface area contributed by atoms with Gasteiger partial charge < -0.3 is 16.2 Å². The van der Waals surface area contributed by atoms with E-state index in [1.54, 1.807) is 42.5 Å². The van der Waals surface area contributed by atoms with Crippen LogP contribution >= 0.6 is 0 Å². The van der Waals surface area contributed by atoms with E-state index >= 15 is 0 Å². The Bertz CT molecular complexity index is 550. The molecule has 0 spiro atoms. The van der Waals surface area contributed by atoms with Gasteiger partial charge in [0.15, 0.2) is 0 Å². The SMILES string of the molecule is NC(=O)c1cccc(COc2ccc(N)cc2)c1. The van der Waals surface area contributed by atoms with Crippen LogP contribution < -0.4 is 16.2 Å². The number of ether oxygens (including phenoxy) is 1. The van der Waals surface area contributed by atoms with Crippen LogP contribution in [0, 0.1) is 0 Å². The number of hydrogen-bond acceptors (Lipinski definition) is 3. The Labute approximate surface area is 105 Å². The van der Waals surface area contributed by atoms with E-state index in [0.717, 1.165) is 11.3 Å². The van der Waals surface area contributed by atoms with Crippen LogP contribution in [0.3, 0.4) is 0 Å². The molecular weight excluding hydrogens is 228 g/mol. The van der Waals surface area contributed by atoms with Crippen LogP contribution in [0.4, 0.5) is 5.69 Å². The van der Waals surface area contributed by atoms with Crippen molar-refractivity contribution in [2.75, 3.05) is 5.73 Å². The number of rotatable bonds is 4. The fourth-order valence-electron chi connectivity index (χ4n) is 1.55. The predicted octanol–water partition coefficient (Wildman–Crippen LogP) is 1.95. The summed E-state index contributed by atoms with van der Waals surface area (Å²) in [6.07, 6.45) is 0. The number of benzene rings is 2. The largest absolute Gasteiger partial charge is 0.489 e. The lowest BCUT2D eigenvalue weighted by Crippen LogP contribution is -2.11. The lowest BCUT2D eigenvalue weighted by molar-refractivity contribution is 0.1000. The molecule has 0 aromatic heterocycles. The van der Waals surface area contributed by atoms with Crippen molar-refractivity contribution in [3.05, 3.63) is 59.7 Å². The Morgan fingerprint density at radius 2 is 1.83 bits per heavy atom. The molecule has 2 aromatic rings. The molecule has 0 fully saturated rings. The maximum Gasteiger partial charge on any atom is 0.248 e. The van der Waals surface area contributed by atoms with Crippen molar-refractivity contribution < 1.29 is 9.53 Å². The van der Waals surface area contributed by atoms with Gasteiger partial charge in [0.2, 0.25) is 5.91 Å². The van der Waals surface area contributed by atoms with E-state index in [9.17, 15) is 4.79 Å². The molecule has 92 valence electrons. The highest BCUT2D eigenvalue weighted by Crippen LogP contribution is 2.15. The Morgan fingerprint density at radius 1 is 1.11 bits per heavy atom. The Kier molecular flexibility index (Phi) is 3.48. The molecule has 0 atom stereocenters. The van der Waals surface area contributed by atoms with Crippen molar-refractivity contribution in [3.8, 4) is 5.75 Å². The minimum absolute atomic E-state index is 0.380. The quantitative estimate of drug-likeness (QED) is 0.804. The molecule has 1 amide bonds. The smallest absolute Gasteiger partial charge is 0.248 e. The van der Waals surface area contributed by atoms with Gasteiger partial charge in [0, 0.05) is 11.3 Å². The summed E-state index contributed by atoms with van der Waals surface area (Å²) in [6, 6.07) is 14.2. The maximum atomic E-state index is 11.0. The molecule has 4 N–H and O–H groups in total. The van der Waals surface area contributed by atoms with Crippen molar-refractivity contribution >= 4 is 11.6 Å². The first-order valence-corrected chi connectivity index (χ1v) is 5.52. The minimum atomic E-state index is -0.440. The summed E-state index contributed by atoms with van der Waals surface area (Å²) in [5.74, 6) is 0.290. The molecule has 0 heterocycles. The van der Waals surface area contributed by atoms with Gasteiger partial charge in [-0.05, 0) is 42.0 Å². The van der Waals surface area contributed by atoms with Crippen molar-refractivity contribution in [3.63, 3.8) is 0 Å². The average Bonchev–Trinajstić information content (AvgIpc) is 2.38. The number of carbonyl (C=O) groups is 1. The Hall–Kier alpha value is -2.49. The molecule has 0 saturated carbocycles. The van der Waals surface area contributed by atoms with E-state index in [2.05, 4.69) is 0 Å². The van der Waals surface area contributed by atoms with E-state index < -0.39 is 5.91 Å². The van der Waals surface area contributed by atoms with Crippen LogP contribution in [0.1, 0.15) is 15.9 Å². The van der Waals surface area contributed by atoms with Gasteiger partial charge in [0.1, 0.15) is 12.4 Å². The van der Waals surface area contributed by atoms with Gasteiger partial charge in [-0.2, -0.15) is 0 Å². The van der Waals surface area contributed by atoms with Gasteiger partial charge in [-0.1, -0.05) is 12.1 Å². The first-order chi connectivity index (χ1) is 8.65. The van der Waals surface area contributed by atoms with Crippen molar-refractivity contribution in [1.82, 2.24) is 0 Å². The fraction of sp³-hybridized carbons (Fsp3) is 0.0714. The lowest BCUT2D eigenvalue weighted by atomic mass is 10.1. The molecule has 0 unspecified atom stereocenters. The molecule has 0 radical (unpaired) electrons. The molecule has 0 aliphatic rings. The van der Waals surface area contributed by atoms with E-state index in [1.165, 1.54) is 0 Å². The first-order valence-electron chi connectivity index (χ1n) is 5.52. The van der Waals surface area contributed by atoms with E-state index in [1.807, 2.05) is 6.07 Å². The third kappa shape index (κ3) is 3.01. The molecule has 0 aliphatic carbocycles. The average molecular weight is 242 g/mol. The first kappa shape index (κ1) is 12.0. The van der Waals surface area contributed by atoms with E-state index in [-0.39, 0.29) is 0 Å². The number of hydrogen-bond donors (Lipinski definition) is 2. The zero-order chi connectivity index (χ0) is 13.0. The standard InChI is InChI=1S/C14H14N2O2/c15-12-4-6-13(7-5-12)18-9-10-2-1-3-11(8-10)14(16)17/h1-8H,9,15H2,(H2,16,17). The van der Waals surface area contributed by atoms with Crippen LogP contribution in [-0.4, -0.2) is 5.91 Å². The van der Waals surface area contributed by atoms with Gasteiger partial charge >= 0.3 is 0 Å². The van der Waals surface area contributed by atoms with Crippen molar-refractivity contribution in [1.29, 1.82) is 0 Å². The van der Waals surface area contributed by atoms with Gasteiger partial charge in [-0.15, -0.1) is 0 Å². The monoisotopic (exact) mass is 242 g/mol. The number of carbonyl (C=O) groups excluding carboxylic acids is 1. The van der Waals surface area contributed by atoms with Crippen LogP contribution in [-0.2, 0) is 6.61 Å². The lowest BCUT2D eigenvalue weighted by Gasteiger charge is -2.07. The number of primary amides is 1. The Morgan fingerprint density at radius 3 is 2.50 bits per heavy atom. The molecule has 4 heteroatoms. The van der Waals surface area contributed by atoms with Crippen LogP contribution in [0.15, 0.2) is 48.5 Å². The molecule has 2 aromatic carbocycles. The number of nitrogens with two attached hydrogens (primary N) is 2. The highest BCUT2D eigenvalue weighted by atomic mass is 16.5. The zero-order valence-corrected chi connectivity index (χ0v) is 9.80. The summed E-state index contributed by atoms with van der Waals surface area (Å²) in [5, 5.41) is 0. The minimum Gasteiger partial charge on any atom is -0.489 e. The molecule has 0 aliphatic heterocycles. The van der Waals surface area contributed by atoms with E-state index in [4.69, 9.17) is 16.2 Å². The summed E-state index contributed by atoms with van der Waals surface area (Å²) in [6.45, 7) is 0.380. The topological polar surface area (TPSA) is 78.3 Å². The highest BCUT2D eigenvalue weighted by molar-refractivity contribution is 5.92. The van der Waals surface area contributed by atoms with Crippen LogP contribution in [0.2, 0.25) is 0 Å². The Balaban J connectivity index is 2.04. The fourth-order valence-corrected chi connectivity index (χ4v) is 1.55. The van der Waals surface area contributed by atoms with Gasteiger partial charge in [-0.3, -0.25) is 4.79 Å². The summed E-state index contributed by atoms with van der Waals surface area (Å²) in [5.41, 5.74) is 12.9. The molecule has 0 saturated heterocycles.